The van der Waals surface area contributed by atoms with Gasteiger partial charge in [-0.2, -0.15) is 13.2 Å². The van der Waals surface area contributed by atoms with E-state index in [0.29, 0.717) is 44.0 Å². The Bertz CT molecular complexity index is 507. The lowest BCUT2D eigenvalue weighted by Crippen LogP contribution is -2.36. The molecule has 6 heteroatoms. The fraction of sp³-hybridized carbons (Fsp3) is 0.625. The molecule has 1 aromatic rings. The zero-order chi connectivity index (χ0) is 15.6. The smallest absolute Gasteiger partial charge is 0.378 e. The van der Waals surface area contributed by atoms with Crippen molar-refractivity contribution in [2.75, 3.05) is 37.7 Å². The molecule has 2 fully saturated rings. The number of benzene rings is 1. The maximum atomic E-state index is 13.4. The van der Waals surface area contributed by atoms with Crippen molar-refractivity contribution in [2.45, 2.75) is 31.5 Å². The summed E-state index contributed by atoms with van der Waals surface area (Å²) in [6, 6.07) is 4.92. The summed E-state index contributed by atoms with van der Waals surface area (Å²) in [5.41, 5.74) is 0.535. The second-order valence-electron chi connectivity index (χ2n) is 5.94. The van der Waals surface area contributed by atoms with Gasteiger partial charge in [0.1, 0.15) is 0 Å². The number of ether oxygens (including phenoxy) is 1. The van der Waals surface area contributed by atoms with Crippen molar-refractivity contribution in [3.8, 4) is 0 Å². The number of nitrogens with one attached hydrogen (secondary N) is 1. The Labute approximate surface area is 128 Å². The Morgan fingerprint density at radius 2 is 2.00 bits per heavy atom. The van der Waals surface area contributed by atoms with Gasteiger partial charge in [0.2, 0.25) is 0 Å². The minimum atomic E-state index is -4.31. The maximum absolute atomic E-state index is 13.4. The van der Waals surface area contributed by atoms with Crippen LogP contribution in [0.2, 0.25) is 0 Å². The molecular weight excluding hydrogens is 293 g/mol. The van der Waals surface area contributed by atoms with Gasteiger partial charge in [-0.05, 0) is 43.5 Å². The van der Waals surface area contributed by atoms with Crippen LogP contribution in [0.4, 0.5) is 18.9 Å². The van der Waals surface area contributed by atoms with Crippen molar-refractivity contribution < 1.29 is 17.9 Å². The second-order valence-corrected chi connectivity index (χ2v) is 5.94. The Balaban J connectivity index is 1.85. The van der Waals surface area contributed by atoms with E-state index in [9.17, 15) is 13.2 Å². The third-order valence-corrected chi connectivity index (χ3v) is 4.40. The summed E-state index contributed by atoms with van der Waals surface area (Å²) in [6.45, 7) is 3.31. The van der Waals surface area contributed by atoms with E-state index in [1.165, 1.54) is 6.07 Å². The van der Waals surface area contributed by atoms with Crippen molar-refractivity contribution in [1.29, 1.82) is 0 Å². The quantitative estimate of drug-likeness (QED) is 0.928. The number of halogens is 3. The number of anilines is 1. The molecule has 0 amide bonds. The molecule has 0 saturated carbocycles. The van der Waals surface area contributed by atoms with Gasteiger partial charge in [0.25, 0.3) is 0 Å². The summed E-state index contributed by atoms with van der Waals surface area (Å²) < 4.78 is 45.5. The number of morpholine rings is 1. The lowest BCUT2D eigenvalue weighted by Gasteiger charge is -2.30. The van der Waals surface area contributed by atoms with E-state index in [0.717, 1.165) is 19.4 Å². The number of hydrogen-bond acceptors (Lipinski definition) is 3. The van der Waals surface area contributed by atoms with E-state index in [2.05, 4.69) is 5.32 Å². The third kappa shape index (κ3) is 3.55. The molecule has 2 heterocycles. The normalized spacial score (nSPS) is 23.0. The molecule has 1 atom stereocenters. The molecule has 122 valence electrons. The first-order chi connectivity index (χ1) is 10.5. The summed E-state index contributed by atoms with van der Waals surface area (Å²) in [5.74, 6) is 0. The number of rotatable bonds is 3. The van der Waals surface area contributed by atoms with Crippen LogP contribution < -0.4 is 10.2 Å². The molecule has 0 aliphatic carbocycles. The van der Waals surface area contributed by atoms with E-state index >= 15 is 0 Å². The molecule has 22 heavy (non-hydrogen) atoms. The fourth-order valence-corrected chi connectivity index (χ4v) is 3.22. The minimum Gasteiger partial charge on any atom is -0.378 e. The van der Waals surface area contributed by atoms with Gasteiger partial charge < -0.3 is 15.0 Å². The number of nitrogens with zero attached hydrogens (tertiary/aromatic N) is 1. The van der Waals surface area contributed by atoms with Crippen molar-refractivity contribution in [3.05, 3.63) is 29.3 Å². The van der Waals surface area contributed by atoms with Crippen molar-refractivity contribution in [1.82, 2.24) is 5.32 Å². The first-order valence-corrected chi connectivity index (χ1v) is 7.80. The summed E-state index contributed by atoms with van der Waals surface area (Å²) in [4.78, 5) is 1.95. The molecule has 0 aromatic heterocycles. The SMILES string of the molecule is FC(F)(F)c1cc(N2CCOCC2)ccc1CC1CCCN1. The van der Waals surface area contributed by atoms with Gasteiger partial charge in [-0.1, -0.05) is 6.07 Å². The molecule has 1 unspecified atom stereocenters. The topological polar surface area (TPSA) is 24.5 Å². The third-order valence-electron chi connectivity index (χ3n) is 4.40. The zero-order valence-corrected chi connectivity index (χ0v) is 12.5. The van der Waals surface area contributed by atoms with E-state index in [-0.39, 0.29) is 6.04 Å². The summed E-state index contributed by atoms with van der Waals surface area (Å²) in [5, 5.41) is 3.27. The molecule has 1 aromatic carbocycles. The van der Waals surface area contributed by atoms with Crippen LogP contribution in [0.25, 0.3) is 0 Å². The highest BCUT2D eigenvalue weighted by molar-refractivity contribution is 5.52. The summed E-state index contributed by atoms with van der Waals surface area (Å²) >= 11 is 0. The van der Waals surface area contributed by atoms with Crippen LogP contribution in [0.5, 0.6) is 0 Å². The second kappa shape index (κ2) is 6.46. The van der Waals surface area contributed by atoms with Gasteiger partial charge >= 0.3 is 6.18 Å². The van der Waals surface area contributed by atoms with Gasteiger partial charge in [0, 0.05) is 24.8 Å². The minimum absolute atomic E-state index is 0.162. The molecule has 2 aliphatic rings. The standard InChI is InChI=1S/C16H21F3N2O/c17-16(18,19)15-11-14(21-6-8-22-9-7-21)4-3-12(15)10-13-2-1-5-20-13/h3-4,11,13,20H,1-2,5-10H2. The molecule has 3 rings (SSSR count). The molecule has 0 radical (unpaired) electrons. The lowest BCUT2D eigenvalue weighted by molar-refractivity contribution is -0.138. The van der Waals surface area contributed by atoms with E-state index in [1.807, 2.05) is 11.0 Å². The Hall–Kier alpha value is -1.27. The highest BCUT2D eigenvalue weighted by atomic mass is 19.4. The molecule has 0 bridgehead atoms. The molecule has 1 N–H and O–H groups in total. The zero-order valence-electron chi connectivity index (χ0n) is 12.5. The first-order valence-electron chi connectivity index (χ1n) is 7.80. The van der Waals surface area contributed by atoms with Crippen LogP contribution >= 0.6 is 0 Å². The van der Waals surface area contributed by atoms with Gasteiger partial charge in [-0.3, -0.25) is 0 Å². The molecule has 2 saturated heterocycles. The van der Waals surface area contributed by atoms with Gasteiger partial charge in [-0.15, -0.1) is 0 Å². The van der Waals surface area contributed by atoms with Gasteiger partial charge in [0.15, 0.2) is 0 Å². The summed E-state index contributed by atoms with van der Waals surface area (Å²) in [7, 11) is 0. The van der Waals surface area contributed by atoms with E-state index < -0.39 is 11.7 Å². The van der Waals surface area contributed by atoms with Gasteiger partial charge in [-0.25, -0.2) is 0 Å². The predicted octanol–water partition coefficient (Wildman–Crippen LogP) is 2.84. The van der Waals surface area contributed by atoms with Crippen molar-refractivity contribution in [3.63, 3.8) is 0 Å². The average Bonchev–Trinajstić information content (AvgIpc) is 3.00. The Morgan fingerprint density at radius 3 is 2.64 bits per heavy atom. The molecule has 3 nitrogen and oxygen atoms in total. The average molecular weight is 314 g/mol. The van der Waals surface area contributed by atoms with Crippen molar-refractivity contribution in [2.24, 2.45) is 0 Å². The Kier molecular flexibility index (Phi) is 4.59. The monoisotopic (exact) mass is 314 g/mol. The maximum Gasteiger partial charge on any atom is 0.416 e. The predicted molar refractivity (Wildman–Crippen MR) is 79.2 cm³/mol. The van der Waals surface area contributed by atoms with Crippen LogP contribution in [0, 0.1) is 0 Å². The van der Waals surface area contributed by atoms with Crippen LogP contribution in [0.1, 0.15) is 24.0 Å². The van der Waals surface area contributed by atoms with Crippen LogP contribution in [-0.2, 0) is 17.3 Å². The van der Waals surface area contributed by atoms with Crippen LogP contribution in [0.15, 0.2) is 18.2 Å². The first kappa shape index (κ1) is 15.6. The number of hydrogen-bond donors (Lipinski definition) is 1. The van der Waals surface area contributed by atoms with E-state index in [1.54, 1.807) is 6.07 Å². The largest absolute Gasteiger partial charge is 0.416 e. The molecule has 2 aliphatic heterocycles. The molecule has 0 spiro atoms. The molecular formula is C16H21F3N2O. The van der Waals surface area contributed by atoms with Gasteiger partial charge in [0.05, 0.1) is 18.8 Å². The van der Waals surface area contributed by atoms with Crippen LogP contribution in [0.3, 0.4) is 0 Å². The number of alkyl halides is 3. The Morgan fingerprint density at radius 1 is 1.23 bits per heavy atom. The van der Waals surface area contributed by atoms with Crippen LogP contribution in [-0.4, -0.2) is 38.9 Å². The van der Waals surface area contributed by atoms with E-state index in [4.69, 9.17) is 4.74 Å². The highest BCUT2D eigenvalue weighted by Gasteiger charge is 2.34. The van der Waals surface area contributed by atoms with Crippen molar-refractivity contribution >= 4 is 5.69 Å². The fourth-order valence-electron chi connectivity index (χ4n) is 3.22. The highest BCUT2D eigenvalue weighted by Crippen LogP contribution is 2.35. The summed E-state index contributed by atoms with van der Waals surface area (Å²) in [6.07, 6.45) is -1.88. The lowest BCUT2D eigenvalue weighted by atomic mass is 9.98.